The fourth-order valence-corrected chi connectivity index (χ4v) is 2.26. The number of likely N-dealkylation sites (tertiary alicyclic amines) is 1. The van der Waals surface area contributed by atoms with E-state index in [-0.39, 0.29) is 24.0 Å². The number of pyridine rings is 1. The normalized spacial score (nSPS) is 14.5. The number of halogens is 1. The Hall–Kier alpha value is -1.70. The van der Waals surface area contributed by atoms with Crippen LogP contribution in [0, 0.1) is 10.1 Å². The average Bonchev–Trinajstić information content (AvgIpc) is 2.90. The number of carbonyl (C=O) groups is 1. The third-order valence-corrected chi connectivity index (χ3v) is 3.33. The van der Waals surface area contributed by atoms with E-state index in [2.05, 4.69) is 26.2 Å². The number of anilines is 1. The van der Waals surface area contributed by atoms with Gasteiger partial charge in [-0.25, -0.2) is 4.98 Å². The van der Waals surface area contributed by atoms with Crippen LogP contribution in [0.4, 0.5) is 11.5 Å². The van der Waals surface area contributed by atoms with Crippen molar-refractivity contribution < 1.29 is 9.72 Å². The highest BCUT2D eigenvalue weighted by Gasteiger charge is 2.20. The standard InChI is InChI=1S/C11H13BrN4O3/c12-8-5-9(16(18)19)11(13-6-8)14-7-10(17)15-3-1-2-4-15/h5-6H,1-4,7H2,(H,13,14). The van der Waals surface area contributed by atoms with Gasteiger partial charge in [0, 0.05) is 29.8 Å². The summed E-state index contributed by atoms with van der Waals surface area (Å²) in [4.78, 5) is 27.9. The minimum absolute atomic E-state index is 0.0233. The maximum atomic E-state index is 11.8. The van der Waals surface area contributed by atoms with Crippen LogP contribution in [0.1, 0.15) is 12.8 Å². The van der Waals surface area contributed by atoms with Crippen molar-refractivity contribution in [1.29, 1.82) is 0 Å². The van der Waals surface area contributed by atoms with Crippen molar-refractivity contribution in [3.8, 4) is 0 Å². The first-order valence-electron chi connectivity index (χ1n) is 5.89. The number of nitro groups is 1. The van der Waals surface area contributed by atoms with Crippen molar-refractivity contribution in [2.45, 2.75) is 12.8 Å². The molecule has 19 heavy (non-hydrogen) atoms. The summed E-state index contributed by atoms with van der Waals surface area (Å²) >= 11 is 3.13. The van der Waals surface area contributed by atoms with Crippen LogP contribution in [0.3, 0.4) is 0 Å². The van der Waals surface area contributed by atoms with E-state index in [0.29, 0.717) is 4.47 Å². The zero-order chi connectivity index (χ0) is 13.8. The number of hydrogen-bond acceptors (Lipinski definition) is 5. The van der Waals surface area contributed by atoms with Gasteiger partial charge in [0.15, 0.2) is 0 Å². The zero-order valence-corrected chi connectivity index (χ0v) is 11.7. The monoisotopic (exact) mass is 328 g/mol. The predicted molar refractivity (Wildman–Crippen MR) is 72.9 cm³/mol. The molecule has 1 N–H and O–H groups in total. The minimum Gasteiger partial charge on any atom is -0.355 e. The van der Waals surface area contributed by atoms with Crippen LogP contribution in [0.2, 0.25) is 0 Å². The second-order valence-electron chi connectivity index (χ2n) is 4.22. The Morgan fingerprint density at radius 1 is 1.53 bits per heavy atom. The summed E-state index contributed by atoms with van der Waals surface area (Å²) in [5.41, 5.74) is -0.149. The largest absolute Gasteiger partial charge is 0.355 e. The Labute approximate surface area is 118 Å². The second kappa shape index (κ2) is 5.96. The molecule has 1 aromatic rings. The number of hydrogen-bond donors (Lipinski definition) is 1. The third kappa shape index (κ3) is 3.40. The summed E-state index contributed by atoms with van der Waals surface area (Å²) in [7, 11) is 0. The molecule has 1 fully saturated rings. The Balaban J connectivity index is 2.02. The average molecular weight is 329 g/mol. The van der Waals surface area contributed by atoms with Crippen molar-refractivity contribution >= 4 is 33.3 Å². The molecule has 0 unspecified atom stereocenters. The summed E-state index contributed by atoms with van der Waals surface area (Å²) in [6.45, 7) is 1.54. The first kappa shape index (κ1) is 13.7. The molecule has 2 heterocycles. The first-order chi connectivity index (χ1) is 9.08. The fraction of sp³-hybridized carbons (Fsp3) is 0.455. The smallest absolute Gasteiger partial charge is 0.312 e. The SMILES string of the molecule is O=C(CNc1ncc(Br)cc1[N+](=O)[O-])N1CCCC1. The highest BCUT2D eigenvalue weighted by atomic mass is 79.9. The summed E-state index contributed by atoms with van der Waals surface area (Å²) in [6, 6.07) is 1.36. The van der Waals surface area contributed by atoms with Crippen LogP contribution in [0.15, 0.2) is 16.7 Å². The van der Waals surface area contributed by atoms with Crippen molar-refractivity contribution in [3.05, 3.63) is 26.9 Å². The lowest BCUT2D eigenvalue weighted by Gasteiger charge is -2.15. The molecular weight excluding hydrogens is 316 g/mol. The van der Waals surface area contributed by atoms with Crippen molar-refractivity contribution in [2.24, 2.45) is 0 Å². The topological polar surface area (TPSA) is 88.4 Å². The molecule has 1 amide bonds. The van der Waals surface area contributed by atoms with Gasteiger partial charge in [0.1, 0.15) is 0 Å². The van der Waals surface area contributed by atoms with Gasteiger partial charge in [-0.05, 0) is 28.8 Å². The third-order valence-electron chi connectivity index (χ3n) is 2.90. The molecule has 1 aliphatic rings. The number of nitrogens with one attached hydrogen (secondary N) is 1. The highest BCUT2D eigenvalue weighted by Crippen LogP contribution is 2.25. The number of carbonyl (C=O) groups excluding carboxylic acids is 1. The van der Waals surface area contributed by atoms with Gasteiger partial charge >= 0.3 is 5.69 Å². The van der Waals surface area contributed by atoms with Gasteiger partial charge in [-0.3, -0.25) is 14.9 Å². The number of nitrogens with zero attached hydrogens (tertiary/aromatic N) is 3. The van der Waals surface area contributed by atoms with Gasteiger partial charge < -0.3 is 10.2 Å². The predicted octanol–water partition coefficient (Wildman–Crippen LogP) is 1.79. The van der Waals surface area contributed by atoms with E-state index in [1.165, 1.54) is 12.3 Å². The Kier molecular flexibility index (Phi) is 4.31. The Bertz CT molecular complexity index is 503. The quantitative estimate of drug-likeness (QED) is 0.672. The van der Waals surface area contributed by atoms with Gasteiger partial charge in [-0.1, -0.05) is 0 Å². The van der Waals surface area contributed by atoms with E-state index < -0.39 is 4.92 Å². The molecule has 0 spiro atoms. The molecule has 0 saturated carbocycles. The fourth-order valence-electron chi connectivity index (χ4n) is 1.94. The van der Waals surface area contributed by atoms with Crippen LogP contribution in [-0.4, -0.2) is 40.3 Å². The first-order valence-corrected chi connectivity index (χ1v) is 6.69. The van der Waals surface area contributed by atoms with Crippen molar-refractivity contribution in [2.75, 3.05) is 25.0 Å². The maximum absolute atomic E-state index is 11.8. The van der Waals surface area contributed by atoms with Gasteiger partial charge in [0.2, 0.25) is 11.7 Å². The Morgan fingerprint density at radius 2 is 2.21 bits per heavy atom. The molecule has 1 aromatic heterocycles. The lowest BCUT2D eigenvalue weighted by molar-refractivity contribution is -0.384. The van der Waals surface area contributed by atoms with E-state index >= 15 is 0 Å². The van der Waals surface area contributed by atoms with E-state index in [1.807, 2.05) is 0 Å². The van der Waals surface area contributed by atoms with Crippen LogP contribution >= 0.6 is 15.9 Å². The van der Waals surface area contributed by atoms with Gasteiger partial charge in [-0.15, -0.1) is 0 Å². The van der Waals surface area contributed by atoms with Crippen LogP contribution < -0.4 is 5.32 Å². The van der Waals surface area contributed by atoms with Crippen LogP contribution in [-0.2, 0) is 4.79 Å². The van der Waals surface area contributed by atoms with Crippen LogP contribution in [0.25, 0.3) is 0 Å². The lowest BCUT2D eigenvalue weighted by atomic mass is 10.4. The summed E-state index contributed by atoms with van der Waals surface area (Å²) in [6.07, 6.45) is 3.49. The molecule has 0 aromatic carbocycles. The molecule has 0 bridgehead atoms. The van der Waals surface area contributed by atoms with Crippen LogP contribution in [0.5, 0.6) is 0 Å². The molecule has 7 nitrogen and oxygen atoms in total. The van der Waals surface area contributed by atoms with Gasteiger partial charge in [0.05, 0.1) is 11.5 Å². The number of amides is 1. The molecule has 102 valence electrons. The Morgan fingerprint density at radius 3 is 2.84 bits per heavy atom. The van der Waals surface area contributed by atoms with Gasteiger partial charge in [-0.2, -0.15) is 0 Å². The zero-order valence-electron chi connectivity index (χ0n) is 10.1. The van der Waals surface area contributed by atoms with Gasteiger partial charge in [0.25, 0.3) is 0 Å². The number of aromatic nitrogens is 1. The minimum atomic E-state index is -0.527. The molecular formula is C11H13BrN4O3. The van der Waals surface area contributed by atoms with Crippen molar-refractivity contribution in [1.82, 2.24) is 9.88 Å². The molecule has 0 atom stereocenters. The summed E-state index contributed by atoms with van der Waals surface area (Å²) < 4.78 is 0.524. The summed E-state index contributed by atoms with van der Waals surface area (Å²) in [5, 5.41) is 13.6. The molecule has 8 heteroatoms. The molecule has 1 saturated heterocycles. The molecule has 0 radical (unpaired) electrons. The molecule has 1 aliphatic heterocycles. The van der Waals surface area contributed by atoms with E-state index in [0.717, 1.165) is 25.9 Å². The maximum Gasteiger partial charge on any atom is 0.312 e. The van der Waals surface area contributed by atoms with Crippen molar-refractivity contribution in [3.63, 3.8) is 0 Å². The van der Waals surface area contributed by atoms with E-state index in [1.54, 1.807) is 4.90 Å². The number of rotatable bonds is 4. The molecule has 2 rings (SSSR count). The molecule has 0 aliphatic carbocycles. The highest BCUT2D eigenvalue weighted by molar-refractivity contribution is 9.10. The lowest BCUT2D eigenvalue weighted by Crippen LogP contribution is -2.33. The second-order valence-corrected chi connectivity index (χ2v) is 5.14. The summed E-state index contributed by atoms with van der Waals surface area (Å²) in [5.74, 6) is 0.0530. The van der Waals surface area contributed by atoms with E-state index in [9.17, 15) is 14.9 Å². The van der Waals surface area contributed by atoms with E-state index in [4.69, 9.17) is 0 Å².